The van der Waals surface area contributed by atoms with E-state index in [1.807, 2.05) is 0 Å². The molecule has 1 atom stereocenters. The van der Waals surface area contributed by atoms with Crippen molar-refractivity contribution >= 4 is 5.95 Å². The summed E-state index contributed by atoms with van der Waals surface area (Å²) in [5, 5.41) is 6.28. The molecule has 1 aromatic heterocycles. The number of aromatic amines is 1. The lowest BCUT2D eigenvalue weighted by atomic mass is 10.1. The second-order valence-electron chi connectivity index (χ2n) is 3.11. The summed E-state index contributed by atoms with van der Waals surface area (Å²) in [7, 11) is 0. The van der Waals surface area contributed by atoms with Crippen molar-refractivity contribution < 1.29 is 4.39 Å². The number of anilines is 1. The van der Waals surface area contributed by atoms with Gasteiger partial charge in [-0.05, 0) is 17.7 Å². The van der Waals surface area contributed by atoms with Crippen LogP contribution in [0.5, 0.6) is 0 Å². The summed E-state index contributed by atoms with van der Waals surface area (Å²) in [5.41, 5.74) is 12.0. The van der Waals surface area contributed by atoms with Crippen LogP contribution in [0.25, 0.3) is 0 Å². The molecule has 0 saturated heterocycles. The van der Waals surface area contributed by atoms with Crippen molar-refractivity contribution in [1.29, 1.82) is 0 Å². The number of nitrogens with two attached hydrogens (primary N) is 2. The van der Waals surface area contributed by atoms with E-state index >= 15 is 0 Å². The van der Waals surface area contributed by atoms with Gasteiger partial charge >= 0.3 is 0 Å². The van der Waals surface area contributed by atoms with E-state index in [1.54, 1.807) is 12.1 Å². The first kappa shape index (κ1) is 9.60. The monoisotopic (exact) mass is 207 g/mol. The van der Waals surface area contributed by atoms with Crippen molar-refractivity contribution in [2.75, 3.05) is 5.73 Å². The molecule has 15 heavy (non-hydrogen) atoms. The maximum atomic E-state index is 12.7. The molecular formula is C9H10FN5. The van der Waals surface area contributed by atoms with Gasteiger partial charge in [-0.1, -0.05) is 12.1 Å². The molecule has 0 bridgehead atoms. The third-order valence-electron chi connectivity index (χ3n) is 2.04. The number of rotatable bonds is 2. The first-order valence-corrected chi connectivity index (χ1v) is 4.35. The fourth-order valence-corrected chi connectivity index (χ4v) is 1.26. The standard InChI is InChI=1S/C9H10FN5/c10-6-3-1-5(2-4-6)7(11)8-13-9(12)15-14-8/h1-4,7H,11H2,(H3,12,13,14,15)/t7-/m0/s1. The molecule has 0 spiro atoms. The quantitative estimate of drug-likeness (QED) is 0.671. The maximum Gasteiger partial charge on any atom is 0.239 e. The zero-order valence-corrected chi connectivity index (χ0v) is 7.81. The molecule has 0 aliphatic carbocycles. The van der Waals surface area contributed by atoms with Crippen molar-refractivity contribution in [2.24, 2.45) is 5.73 Å². The Hall–Kier alpha value is -1.95. The van der Waals surface area contributed by atoms with Crippen LogP contribution in [0.3, 0.4) is 0 Å². The summed E-state index contributed by atoms with van der Waals surface area (Å²) >= 11 is 0. The fourth-order valence-electron chi connectivity index (χ4n) is 1.26. The molecule has 1 aromatic carbocycles. The lowest BCUT2D eigenvalue weighted by Gasteiger charge is -2.07. The van der Waals surface area contributed by atoms with E-state index in [0.29, 0.717) is 5.82 Å². The summed E-state index contributed by atoms with van der Waals surface area (Å²) in [6, 6.07) is 5.40. The largest absolute Gasteiger partial charge is 0.367 e. The third-order valence-corrected chi connectivity index (χ3v) is 2.04. The van der Waals surface area contributed by atoms with Gasteiger partial charge in [0.2, 0.25) is 5.95 Å². The normalized spacial score (nSPS) is 12.7. The number of hydrogen-bond acceptors (Lipinski definition) is 4. The van der Waals surface area contributed by atoms with Gasteiger partial charge in [0.15, 0.2) is 0 Å². The molecule has 0 radical (unpaired) electrons. The van der Waals surface area contributed by atoms with Gasteiger partial charge in [-0.2, -0.15) is 4.98 Å². The van der Waals surface area contributed by atoms with Crippen molar-refractivity contribution in [3.05, 3.63) is 41.5 Å². The number of aromatic nitrogens is 3. The molecule has 0 amide bonds. The van der Waals surface area contributed by atoms with Gasteiger partial charge in [0.1, 0.15) is 11.6 Å². The smallest absolute Gasteiger partial charge is 0.239 e. The summed E-state index contributed by atoms with van der Waals surface area (Å²) < 4.78 is 12.7. The van der Waals surface area contributed by atoms with E-state index in [1.165, 1.54) is 12.1 Å². The highest BCUT2D eigenvalue weighted by atomic mass is 19.1. The van der Waals surface area contributed by atoms with Crippen molar-refractivity contribution in [3.63, 3.8) is 0 Å². The minimum Gasteiger partial charge on any atom is -0.367 e. The molecule has 0 fully saturated rings. The molecule has 2 rings (SSSR count). The minimum atomic E-state index is -0.476. The topological polar surface area (TPSA) is 93.6 Å². The predicted molar refractivity (Wildman–Crippen MR) is 53.2 cm³/mol. The Morgan fingerprint density at radius 3 is 2.47 bits per heavy atom. The van der Waals surface area contributed by atoms with E-state index in [-0.39, 0.29) is 11.8 Å². The highest BCUT2D eigenvalue weighted by Crippen LogP contribution is 2.16. The Bertz CT molecular complexity index is 450. The van der Waals surface area contributed by atoms with Gasteiger partial charge in [0, 0.05) is 0 Å². The van der Waals surface area contributed by atoms with Crippen LogP contribution in [-0.2, 0) is 0 Å². The van der Waals surface area contributed by atoms with Crippen LogP contribution >= 0.6 is 0 Å². The SMILES string of the molecule is Nc1n[nH]c([C@@H](N)c2ccc(F)cc2)n1. The Morgan fingerprint density at radius 1 is 1.27 bits per heavy atom. The molecule has 0 aliphatic rings. The van der Waals surface area contributed by atoms with Crippen molar-refractivity contribution in [1.82, 2.24) is 15.2 Å². The predicted octanol–water partition coefficient (Wildman–Crippen LogP) is 0.574. The summed E-state index contributed by atoms with van der Waals surface area (Å²) in [5.74, 6) is 0.296. The molecule has 1 heterocycles. The number of benzene rings is 1. The molecule has 0 saturated carbocycles. The highest BCUT2D eigenvalue weighted by Gasteiger charge is 2.12. The fraction of sp³-hybridized carbons (Fsp3) is 0.111. The van der Waals surface area contributed by atoms with E-state index in [9.17, 15) is 4.39 Å². The van der Waals surface area contributed by atoms with Gasteiger partial charge in [0.25, 0.3) is 0 Å². The molecule has 2 aromatic rings. The number of H-pyrrole nitrogens is 1. The number of halogens is 1. The highest BCUT2D eigenvalue weighted by molar-refractivity contribution is 5.26. The van der Waals surface area contributed by atoms with Gasteiger partial charge in [-0.3, -0.25) is 5.10 Å². The maximum absolute atomic E-state index is 12.7. The molecule has 6 heteroatoms. The number of nitrogens with zero attached hydrogens (tertiary/aromatic N) is 2. The zero-order valence-electron chi connectivity index (χ0n) is 7.81. The third kappa shape index (κ3) is 1.94. The van der Waals surface area contributed by atoms with Crippen LogP contribution in [0.2, 0.25) is 0 Å². The number of nitrogens with one attached hydrogen (secondary N) is 1. The molecule has 5 N–H and O–H groups in total. The van der Waals surface area contributed by atoms with Crippen molar-refractivity contribution in [2.45, 2.75) is 6.04 Å². The summed E-state index contributed by atoms with van der Waals surface area (Å²) in [4.78, 5) is 3.90. The Labute approximate surface area is 85.3 Å². The Kier molecular flexibility index (Phi) is 2.34. The lowest BCUT2D eigenvalue weighted by molar-refractivity contribution is 0.626. The van der Waals surface area contributed by atoms with E-state index in [4.69, 9.17) is 11.5 Å². The van der Waals surface area contributed by atoms with Crippen LogP contribution < -0.4 is 11.5 Å². The van der Waals surface area contributed by atoms with Crippen molar-refractivity contribution in [3.8, 4) is 0 Å². The molecular weight excluding hydrogens is 197 g/mol. The number of hydrogen-bond donors (Lipinski definition) is 3. The van der Waals surface area contributed by atoms with Gasteiger partial charge < -0.3 is 11.5 Å². The zero-order chi connectivity index (χ0) is 10.8. The Morgan fingerprint density at radius 2 is 1.93 bits per heavy atom. The van der Waals surface area contributed by atoms with E-state index in [2.05, 4.69) is 15.2 Å². The van der Waals surface area contributed by atoms with Gasteiger partial charge in [0.05, 0.1) is 6.04 Å². The molecule has 5 nitrogen and oxygen atoms in total. The average Bonchev–Trinajstić information content (AvgIpc) is 2.65. The first-order valence-electron chi connectivity index (χ1n) is 4.35. The summed E-state index contributed by atoms with van der Waals surface area (Å²) in [6.45, 7) is 0. The average molecular weight is 207 g/mol. The minimum absolute atomic E-state index is 0.141. The Balaban J connectivity index is 2.28. The lowest BCUT2D eigenvalue weighted by Crippen LogP contribution is -2.13. The number of nitrogen functional groups attached to an aromatic ring is 1. The van der Waals surface area contributed by atoms with E-state index < -0.39 is 6.04 Å². The molecule has 0 aliphatic heterocycles. The van der Waals surface area contributed by atoms with Crippen LogP contribution in [-0.4, -0.2) is 15.2 Å². The van der Waals surface area contributed by atoms with Gasteiger partial charge in [-0.25, -0.2) is 4.39 Å². The second-order valence-corrected chi connectivity index (χ2v) is 3.11. The van der Waals surface area contributed by atoms with Crippen LogP contribution in [0.4, 0.5) is 10.3 Å². The van der Waals surface area contributed by atoms with E-state index in [0.717, 1.165) is 5.56 Å². The van der Waals surface area contributed by atoms with Crippen LogP contribution in [0.1, 0.15) is 17.4 Å². The van der Waals surface area contributed by atoms with Crippen LogP contribution in [0, 0.1) is 5.82 Å². The van der Waals surface area contributed by atoms with Crippen LogP contribution in [0.15, 0.2) is 24.3 Å². The first-order chi connectivity index (χ1) is 7.16. The molecule has 78 valence electrons. The van der Waals surface area contributed by atoms with Gasteiger partial charge in [-0.15, -0.1) is 5.10 Å². The second kappa shape index (κ2) is 3.66. The summed E-state index contributed by atoms with van der Waals surface area (Å²) in [6.07, 6.45) is 0. The molecule has 0 unspecified atom stereocenters.